The van der Waals surface area contributed by atoms with Crippen molar-refractivity contribution >= 4 is 21.6 Å². The topological polar surface area (TPSA) is 125 Å². The molecule has 0 radical (unpaired) electrons. The molecule has 0 atom stereocenters. The average Bonchev–Trinajstić information content (AvgIpc) is 2.99. The lowest BCUT2D eigenvalue weighted by Gasteiger charge is -2.08. The van der Waals surface area contributed by atoms with Crippen LogP contribution in [0, 0.1) is 13.8 Å². The number of carbonyl (C=O) groups is 1. The number of imidazole rings is 1. The van der Waals surface area contributed by atoms with Crippen molar-refractivity contribution in [3.63, 3.8) is 0 Å². The molecular formula is C18H21N5O5S. The van der Waals surface area contributed by atoms with Crippen LogP contribution in [0.5, 0.6) is 0 Å². The highest BCUT2D eigenvalue weighted by Crippen LogP contribution is 2.08. The Morgan fingerprint density at radius 2 is 2.00 bits per heavy atom. The first-order valence-corrected chi connectivity index (χ1v) is 10.3. The van der Waals surface area contributed by atoms with Crippen LogP contribution in [0.15, 0.2) is 40.3 Å². The van der Waals surface area contributed by atoms with E-state index in [1.165, 1.54) is 16.7 Å². The zero-order chi connectivity index (χ0) is 21.2. The second kappa shape index (κ2) is 8.13. The van der Waals surface area contributed by atoms with Crippen LogP contribution in [-0.2, 0) is 33.2 Å². The first-order valence-electron chi connectivity index (χ1n) is 8.81. The van der Waals surface area contributed by atoms with Crippen molar-refractivity contribution in [1.29, 1.82) is 0 Å². The summed E-state index contributed by atoms with van der Waals surface area (Å²) in [5, 5.41) is -0.109. The minimum atomic E-state index is -3.80. The fraction of sp³-hybridized carbons (Fsp3) is 0.333. The molecule has 0 amide bonds. The van der Waals surface area contributed by atoms with E-state index in [1.807, 2.05) is 0 Å². The maximum Gasteiger partial charge on any atom is 0.307 e. The molecule has 0 aliphatic rings. The Morgan fingerprint density at radius 1 is 1.24 bits per heavy atom. The number of pyridine rings is 1. The number of hydrogen-bond donors (Lipinski definition) is 1. The van der Waals surface area contributed by atoms with Gasteiger partial charge in [-0.2, -0.15) is 0 Å². The molecule has 0 aliphatic heterocycles. The van der Waals surface area contributed by atoms with E-state index in [1.54, 1.807) is 43.7 Å². The van der Waals surface area contributed by atoms with E-state index in [9.17, 15) is 18.0 Å². The third-order valence-corrected chi connectivity index (χ3v) is 5.63. The summed E-state index contributed by atoms with van der Waals surface area (Å²) in [5.74, 6) is -0.0603. The third kappa shape index (κ3) is 4.69. The average molecular weight is 419 g/mol. The van der Waals surface area contributed by atoms with Gasteiger partial charge in [0.1, 0.15) is 18.1 Å². The maximum absolute atomic E-state index is 12.2. The molecule has 3 heterocycles. The molecule has 0 aliphatic carbocycles. The lowest BCUT2D eigenvalue weighted by Crippen LogP contribution is -2.27. The van der Waals surface area contributed by atoms with E-state index >= 15 is 0 Å². The maximum atomic E-state index is 12.2. The highest BCUT2D eigenvalue weighted by atomic mass is 32.2. The van der Waals surface area contributed by atoms with Gasteiger partial charge in [-0.1, -0.05) is 6.07 Å². The van der Waals surface area contributed by atoms with Crippen LogP contribution in [-0.4, -0.2) is 39.9 Å². The molecule has 3 rings (SSSR count). The summed E-state index contributed by atoms with van der Waals surface area (Å²) in [6.45, 7) is 3.17. The monoisotopic (exact) mass is 419 g/mol. The molecule has 0 saturated carbocycles. The number of nitrogens with zero attached hydrogens (tertiary/aromatic N) is 4. The van der Waals surface area contributed by atoms with Gasteiger partial charge in [-0.15, -0.1) is 0 Å². The van der Waals surface area contributed by atoms with E-state index in [4.69, 9.17) is 4.74 Å². The lowest BCUT2D eigenvalue weighted by atomic mass is 10.3. The Kier molecular flexibility index (Phi) is 5.80. The first-order chi connectivity index (χ1) is 13.7. The minimum Gasteiger partial charge on any atom is -0.459 e. The highest BCUT2D eigenvalue weighted by molar-refractivity contribution is 7.89. The fourth-order valence-electron chi connectivity index (χ4n) is 2.68. The Morgan fingerprint density at radius 3 is 2.69 bits per heavy atom. The zero-order valence-corrected chi connectivity index (χ0v) is 17.1. The van der Waals surface area contributed by atoms with Crippen molar-refractivity contribution < 1.29 is 17.9 Å². The van der Waals surface area contributed by atoms with Crippen molar-refractivity contribution in [3.8, 4) is 0 Å². The van der Waals surface area contributed by atoms with Crippen molar-refractivity contribution in [3.05, 3.63) is 58.0 Å². The summed E-state index contributed by atoms with van der Waals surface area (Å²) in [7, 11) is -2.12. The molecule has 0 unspecified atom stereocenters. The van der Waals surface area contributed by atoms with Crippen molar-refractivity contribution in [2.45, 2.75) is 31.9 Å². The van der Waals surface area contributed by atoms with Crippen molar-refractivity contribution in [2.24, 2.45) is 7.05 Å². The second-order valence-corrected chi connectivity index (χ2v) is 8.21. The molecule has 3 aromatic heterocycles. The predicted octanol–water partition coefficient (Wildman–Crippen LogP) is 0.457. The number of aryl methyl sites for hydroxylation is 3. The summed E-state index contributed by atoms with van der Waals surface area (Å²) in [6.07, 6.45) is 1.22. The molecule has 0 aromatic carbocycles. The molecule has 0 spiro atoms. The van der Waals surface area contributed by atoms with Gasteiger partial charge in [0.2, 0.25) is 0 Å². The van der Waals surface area contributed by atoms with Crippen LogP contribution >= 0.6 is 0 Å². The Bertz CT molecular complexity index is 1210. The molecule has 0 bridgehead atoms. The van der Waals surface area contributed by atoms with E-state index in [-0.39, 0.29) is 30.2 Å². The number of rotatable bonds is 7. The largest absolute Gasteiger partial charge is 0.459 e. The smallest absolute Gasteiger partial charge is 0.307 e. The minimum absolute atomic E-state index is 0.109. The summed E-state index contributed by atoms with van der Waals surface area (Å²) >= 11 is 0. The number of aromatic nitrogens is 4. The van der Waals surface area contributed by atoms with Gasteiger partial charge in [0.05, 0.1) is 12.1 Å². The van der Waals surface area contributed by atoms with E-state index in [0.717, 1.165) is 5.69 Å². The van der Waals surface area contributed by atoms with Gasteiger partial charge < -0.3 is 9.30 Å². The third-order valence-electron chi connectivity index (χ3n) is 4.30. The molecule has 3 aromatic rings. The number of sulfonamides is 1. The number of nitrogens with one attached hydrogen (secondary N) is 1. The van der Waals surface area contributed by atoms with Crippen LogP contribution in [0.4, 0.5) is 0 Å². The van der Waals surface area contributed by atoms with Gasteiger partial charge in [0, 0.05) is 31.5 Å². The zero-order valence-electron chi connectivity index (χ0n) is 16.2. The van der Waals surface area contributed by atoms with Crippen molar-refractivity contribution in [2.75, 3.05) is 6.54 Å². The number of hydrogen-bond acceptors (Lipinski definition) is 7. The number of carbonyl (C=O) groups excluding carboxylic acids is 1. The van der Waals surface area contributed by atoms with E-state index in [0.29, 0.717) is 17.2 Å². The summed E-state index contributed by atoms with van der Waals surface area (Å²) in [6, 6.07) is 6.57. The van der Waals surface area contributed by atoms with Gasteiger partial charge >= 0.3 is 5.97 Å². The van der Waals surface area contributed by atoms with Crippen molar-refractivity contribution in [1.82, 2.24) is 23.7 Å². The van der Waals surface area contributed by atoms with Crippen LogP contribution < -0.4 is 10.3 Å². The van der Waals surface area contributed by atoms with Gasteiger partial charge in [-0.05, 0) is 26.0 Å². The van der Waals surface area contributed by atoms with Gasteiger partial charge in [-0.25, -0.2) is 23.1 Å². The normalized spacial score (nSPS) is 11.7. The molecular weight excluding hydrogens is 398 g/mol. The molecule has 154 valence electrons. The van der Waals surface area contributed by atoms with Crippen LogP contribution in [0.1, 0.15) is 23.6 Å². The summed E-state index contributed by atoms with van der Waals surface area (Å²) in [5.41, 5.74) is 1.26. The second-order valence-electron chi connectivity index (χ2n) is 6.49. The van der Waals surface area contributed by atoms with Crippen LogP contribution in [0.2, 0.25) is 0 Å². The first kappa shape index (κ1) is 20.7. The standard InChI is InChI=1S/C18H21N5O5S/c1-12-5-4-6-15-21-14(9-17(24)23(12)15)11-28-18(25)7-8-19-29(26,27)16-10-22(3)13(2)20-16/h4-6,9-10,19H,7-8,11H2,1-3H3. The van der Waals surface area contributed by atoms with E-state index in [2.05, 4.69) is 14.7 Å². The molecule has 10 nitrogen and oxygen atoms in total. The number of fused-ring (bicyclic) bond motifs is 1. The fourth-order valence-corrected chi connectivity index (χ4v) is 3.75. The van der Waals surface area contributed by atoms with E-state index < -0.39 is 16.0 Å². The Balaban J connectivity index is 1.55. The van der Waals surface area contributed by atoms with Crippen LogP contribution in [0.25, 0.3) is 5.65 Å². The highest BCUT2D eigenvalue weighted by Gasteiger charge is 2.18. The lowest BCUT2D eigenvalue weighted by molar-refractivity contribution is -0.144. The summed E-state index contributed by atoms with van der Waals surface area (Å²) in [4.78, 5) is 32.4. The molecule has 29 heavy (non-hydrogen) atoms. The Labute approximate surface area is 167 Å². The molecule has 0 saturated heterocycles. The molecule has 11 heteroatoms. The molecule has 0 fully saturated rings. The quantitative estimate of drug-likeness (QED) is 0.552. The number of ether oxygens (including phenoxy) is 1. The summed E-state index contributed by atoms with van der Waals surface area (Å²) < 4.78 is 34.8. The van der Waals surface area contributed by atoms with Gasteiger partial charge in [-0.3, -0.25) is 14.0 Å². The van der Waals surface area contributed by atoms with Gasteiger partial charge in [0.15, 0.2) is 5.03 Å². The molecule has 1 N–H and O–H groups in total. The van der Waals surface area contributed by atoms with Crippen LogP contribution in [0.3, 0.4) is 0 Å². The SMILES string of the molecule is Cc1nc(S(=O)(=O)NCCC(=O)OCc2cc(=O)n3c(C)cccc3n2)cn1C. The number of esters is 1. The predicted molar refractivity (Wildman–Crippen MR) is 104 cm³/mol. The van der Waals surface area contributed by atoms with Gasteiger partial charge in [0.25, 0.3) is 15.6 Å². The Hall–Kier alpha value is -3.05.